The molecule has 0 N–H and O–H groups in total. The van der Waals surface area contributed by atoms with Crippen LogP contribution in [0.2, 0.25) is 24.2 Å². The van der Waals surface area contributed by atoms with Crippen molar-refractivity contribution in [3.8, 4) is 11.4 Å². The molecule has 24 heavy (non-hydrogen) atoms. The molecule has 132 valence electrons. The standard InChI is InChI=1S/C14H19BrClN3O3SSi/c1-23(20,21)14-17-13(11-5-4-10(15)8-12(11)16)18-19(14)9-22-6-7-24(2)3/h4-5,8,24H,6-7,9H2,1-3H3. The van der Waals surface area contributed by atoms with Crippen molar-refractivity contribution in [3.05, 3.63) is 27.7 Å². The van der Waals surface area contributed by atoms with E-state index in [1.165, 1.54) is 4.68 Å². The van der Waals surface area contributed by atoms with E-state index in [9.17, 15) is 8.42 Å². The van der Waals surface area contributed by atoms with Gasteiger partial charge in [-0.3, -0.25) is 0 Å². The number of benzene rings is 1. The van der Waals surface area contributed by atoms with E-state index in [2.05, 4.69) is 39.1 Å². The topological polar surface area (TPSA) is 74.1 Å². The molecule has 2 rings (SSSR count). The van der Waals surface area contributed by atoms with E-state index in [1.807, 2.05) is 0 Å². The first-order valence-electron chi connectivity index (χ1n) is 7.36. The van der Waals surface area contributed by atoms with Gasteiger partial charge in [-0.15, -0.1) is 5.10 Å². The molecule has 0 spiro atoms. The molecule has 0 amide bonds. The van der Waals surface area contributed by atoms with Crippen LogP contribution < -0.4 is 0 Å². The van der Waals surface area contributed by atoms with E-state index >= 15 is 0 Å². The molecule has 1 heterocycles. The Kier molecular flexibility index (Phi) is 6.60. The maximum absolute atomic E-state index is 12.0. The lowest BCUT2D eigenvalue weighted by Crippen LogP contribution is -2.14. The summed E-state index contributed by atoms with van der Waals surface area (Å²) in [6.45, 7) is 5.09. The smallest absolute Gasteiger partial charge is 0.248 e. The van der Waals surface area contributed by atoms with E-state index in [1.54, 1.807) is 18.2 Å². The largest absolute Gasteiger partial charge is 0.359 e. The average molecular weight is 453 g/mol. The summed E-state index contributed by atoms with van der Waals surface area (Å²) < 4.78 is 31.6. The lowest BCUT2D eigenvalue weighted by molar-refractivity contribution is 0.0718. The van der Waals surface area contributed by atoms with E-state index in [0.717, 1.165) is 16.8 Å². The summed E-state index contributed by atoms with van der Waals surface area (Å²) in [4.78, 5) is 4.15. The number of hydrogen-bond acceptors (Lipinski definition) is 5. The van der Waals surface area contributed by atoms with Crippen molar-refractivity contribution in [2.75, 3.05) is 12.9 Å². The quantitative estimate of drug-likeness (QED) is 0.476. The Morgan fingerprint density at radius 1 is 1.38 bits per heavy atom. The predicted molar refractivity (Wildman–Crippen MR) is 101 cm³/mol. The van der Waals surface area contributed by atoms with Gasteiger partial charge in [0, 0.05) is 31.7 Å². The lowest BCUT2D eigenvalue weighted by atomic mass is 10.2. The molecule has 0 saturated heterocycles. The number of nitrogens with zero attached hydrogens (tertiary/aromatic N) is 3. The third-order valence-corrected chi connectivity index (χ3v) is 6.36. The summed E-state index contributed by atoms with van der Waals surface area (Å²) in [5, 5.41) is 4.58. The molecular weight excluding hydrogens is 434 g/mol. The summed E-state index contributed by atoms with van der Waals surface area (Å²) in [6, 6.07) is 6.27. The minimum atomic E-state index is -3.53. The molecule has 1 aromatic carbocycles. The van der Waals surface area contributed by atoms with Crippen LogP contribution in [0.5, 0.6) is 0 Å². The predicted octanol–water partition coefficient (Wildman–Crippen LogP) is 3.23. The van der Waals surface area contributed by atoms with Crippen LogP contribution in [-0.4, -0.2) is 44.8 Å². The second-order valence-electron chi connectivity index (χ2n) is 5.83. The third-order valence-electron chi connectivity index (χ3n) is 3.19. The summed E-state index contributed by atoms with van der Waals surface area (Å²) in [7, 11) is -4.24. The summed E-state index contributed by atoms with van der Waals surface area (Å²) in [5.74, 6) is 0.259. The van der Waals surface area contributed by atoms with Gasteiger partial charge in [0.05, 0.1) is 5.02 Å². The highest BCUT2D eigenvalue weighted by Gasteiger charge is 2.21. The zero-order valence-corrected chi connectivity index (χ0v) is 18.0. The number of hydrogen-bond donors (Lipinski definition) is 0. The highest BCUT2D eigenvalue weighted by molar-refractivity contribution is 9.10. The Balaban J connectivity index is 2.31. The molecule has 0 aliphatic rings. The Morgan fingerprint density at radius 3 is 2.67 bits per heavy atom. The molecule has 0 saturated carbocycles. The fraction of sp³-hybridized carbons (Fsp3) is 0.429. The number of aromatic nitrogens is 3. The van der Waals surface area contributed by atoms with Crippen molar-refractivity contribution in [2.45, 2.75) is 31.0 Å². The molecule has 0 aliphatic carbocycles. The molecule has 0 atom stereocenters. The van der Waals surface area contributed by atoms with Crippen LogP contribution >= 0.6 is 27.5 Å². The second-order valence-corrected chi connectivity index (χ2v) is 12.4. The van der Waals surface area contributed by atoms with Crippen molar-refractivity contribution in [3.63, 3.8) is 0 Å². The van der Waals surface area contributed by atoms with E-state index in [4.69, 9.17) is 16.3 Å². The molecule has 10 heteroatoms. The Bertz CT molecular complexity index is 827. The molecule has 1 aromatic heterocycles. The number of ether oxygens (including phenoxy) is 1. The van der Waals surface area contributed by atoms with Crippen LogP contribution in [0, 0.1) is 0 Å². The van der Waals surface area contributed by atoms with E-state index in [-0.39, 0.29) is 17.7 Å². The van der Waals surface area contributed by atoms with Gasteiger partial charge in [-0.05, 0) is 24.2 Å². The Labute approximate surface area is 156 Å². The number of sulfone groups is 1. The van der Waals surface area contributed by atoms with Crippen LogP contribution in [0.25, 0.3) is 11.4 Å². The van der Waals surface area contributed by atoms with Gasteiger partial charge in [0.2, 0.25) is 15.0 Å². The number of halogens is 2. The minimum Gasteiger partial charge on any atom is -0.359 e. The van der Waals surface area contributed by atoms with Gasteiger partial charge in [0.1, 0.15) is 6.73 Å². The van der Waals surface area contributed by atoms with Gasteiger partial charge in [0.15, 0.2) is 5.82 Å². The van der Waals surface area contributed by atoms with Gasteiger partial charge in [-0.2, -0.15) is 4.98 Å². The first kappa shape index (κ1) is 19.6. The van der Waals surface area contributed by atoms with Gasteiger partial charge in [-0.25, -0.2) is 13.1 Å². The van der Waals surface area contributed by atoms with Gasteiger partial charge in [-0.1, -0.05) is 40.6 Å². The first-order chi connectivity index (χ1) is 11.2. The van der Waals surface area contributed by atoms with Gasteiger partial charge >= 0.3 is 0 Å². The van der Waals surface area contributed by atoms with Crippen molar-refractivity contribution >= 4 is 46.2 Å². The summed E-state index contributed by atoms with van der Waals surface area (Å²) in [5.41, 5.74) is 0.568. The van der Waals surface area contributed by atoms with Crippen LogP contribution in [0.1, 0.15) is 0 Å². The Hall–Kier alpha value is -0.743. The molecule has 2 aromatic rings. The maximum atomic E-state index is 12.0. The molecular formula is C14H19BrClN3O3SSi. The summed E-state index contributed by atoms with van der Waals surface area (Å²) >= 11 is 9.54. The van der Waals surface area contributed by atoms with E-state index < -0.39 is 18.6 Å². The first-order valence-corrected chi connectivity index (χ1v) is 13.6. The van der Waals surface area contributed by atoms with E-state index in [0.29, 0.717) is 17.2 Å². The van der Waals surface area contributed by atoms with Gasteiger partial charge in [0.25, 0.3) is 0 Å². The molecule has 0 unspecified atom stereocenters. The SMILES string of the molecule is C[SiH](C)CCOCn1nc(-c2ccc(Br)cc2Cl)nc1S(C)(=O)=O. The highest BCUT2D eigenvalue weighted by atomic mass is 79.9. The van der Waals surface area contributed by atoms with Crippen LogP contribution in [0.4, 0.5) is 0 Å². The van der Waals surface area contributed by atoms with Crippen LogP contribution in [0.15, 0.2) is 27.8 Å². The molecule has 0 fully saturated rings. The molecule has 0 radical (unpaired) electrons. The van der Waals surface area contributed by atoms with Crippen LogP contribution in [-0.2, 0) is 21.3 Å². The zero-order valence-electron chi connectivity index (χ0n) is 13.7. The second kappa shape index (κ2) is 8.09. The van der Waals surface area contributed by atoms with Crippen molar-refractivity contribution < 1.29 is 13.2 Å². The Morgan fingerprint density at radius 2 is 2.08 bits per heavy atom. The molecule has 0 bridgehead atoms. The normalized spacial score (nSPS) is 12.1. The highest BCUT2D eigenvalue weighted by Crippen LogP contribution is 2.29. The monoisotopic (exact) mass is 451 g/mol. The number of rotatable bonds is 7. The third kappa shape index (κ3) is 5.12. The molecule has 0 aliphatic heterocycles. The summed E-state index contributed by atoms with van der Waals surface area (Å²) in [6.07, 6.45) is 1.10. The lowest BCUT2D eigenvalue weighted by Gasteiger charge is -2.07. The van der Waals surface area contributed by atoms with Crippen molar-refractivity contribution in [1.82, 2.24) is 14.8 Å². The minimum absolute atomic E-state index is 0.0463. The van der Waals surface area contributed by atoms with Crippen molar-refractivity contribution in [2.24, 2.45) is 0 Å². The van der Waals surface area contributed by atoms with Gasteiger partial charge < -0.3 is 4.74 Å². The van der Waals surface area contributed by atoms with Crippen LogP contribution in [0.3, 0.4) is 0 Å². The maximum Gasteiger partial charge on any atom is 0.248 e. The average Bonchev–Trinajstić information content (AvgIpc) is 2.87. The fourth-order valence-electron chi connectivity index (χ4n) is 1.94. The fourth-order valence-corrected chi connectivity index (χ4v) is 4.07. The zero-order chi connectivity index (χ0) is 17.9. The van der Waals surface area contributed by atoms with Crippen molar-refractivity contribution in [1.29, 1.82) is 0 Å². The molecule has 6 nitrogen and oxygen atoms in total.